The summed E-state index contributed by atoms with van der Waals surface area (Å²) in [6.07, 6.45) is 17.5. The maximum Gasteiger partial charge on any atom is -0.0275 e. The Kier molecular flexibility index (Phi) is 6.74. The van der Waals surface area contributed by atoms with Crippen molar-refractivity contribution in [1.29, 1.82) is 0 Å². The Hall–Kier alpha value is 0. The molecule has 0 aromatic heterocycles. The largest absolute Gasteiger partial charge is 0.0654 e. The monoisotopic (exact) mass is 252 g/mol. The van der Waals surface area contributed by atoms with Gasteiger partial charge in [-0.2, -0.15) is 0 Å². The molecule has 1 unspecified atom stereocenters. The predicted molar refractivity (Wildman–Crippen MR) is 83.0 cm³/mol. The second-order valence-corrected chi connectivity index (χ2v) is 7.52. The van der Waals surface area contributed by atoms with Crippen LogP contribution >= 0.6 is 0 Å². The van der Waals surface area contributed by atoms with E-state index in [1.807, 2.05) is 0 Å². The molecule has 0 heterocycles. The van der Waals surface area contributed by atoms with Gasteiger partial charge in [-0.25, -0.2) is 0 Å². The molecule has 0 nitrogen and oxygen atoms in total. The van der Waals surface area contributed by atoms with Crippen LogP contribution in [-0.4, -0.2) is 0 Å². The third-order valence-electron chi connectivity index (χ3n) is 5.75. The van der Waals surface area contributed by atoms with E-state index in [4.69, 9.17) is 0 Å². The molecule has 1 aliphatic rings. The summed E-state index contributed by atoms with van der Waals surface area (Å²) < 4.78 is 0. The van der Waals surface area contributed by atoms with Gasteiger partial charge >= 0.3 is 0 Å². The van der Waals surface area contributed by atoms with E-state index in [1.54, 1.807) is 0 Å². The van der Waals surface area contributed by atoms with E-state index in [0.717, 1.165) is 0 Å². The van der Waals surface area contributed by atoms with Crippen LogP contribution < -0.4 is 0 Å². The molecule has 0 saturated heterocycles. The van der Waals surface area contributed by atoms with E-state index in [9.17, 15) is 0 Å². The molecule has 0 heteroatoms. The Labute approximate surface area is 116 Å². The van der Waals surface area contributed by atoms with Crippen LogP contribution in [0.3, 0.4) is 0 Å². The van der Waals surface area contributed by atoms with E-state index >= 15 is 0 Å². The van der Waals surface area contributed by atoms with Crippen molar-refractivity contribution in [2.24, 2.45) is 10.8 Å². The smallest absolute Gasteiger partial charge is 0.0275 e. The topological polar surface area (TPSA) is 0 Å². The lowest BCUT2D eigenvalue weighted by Crippen LogP contribution is -2.29. The summed E-state index contributed by atoms with van der Waals surface area (Å²) in [6, 6.07) is 0. The van der Waals surface area contributed by atoms with Crippen molar-refractivity contribution in [3.63, 3.8) is 0 Å². The van der Waals surface area contributed by atoms with Crippen LogP contribution in [-0.2, 0) is 0 Å². The van der Waals surface area contributed by atoms with Crippen LogP contribution in [0.1, 0.15) is 105 Å². The van der Waals surface area contributed by atoms with Gasteiger partial charge in [0, 0.05) is 0 Å². The molecule has 0 aliphatic heterocycles. The van der Waals surface area contributed by atoms with Crippen molar-refractivity contribution >= 4 is 0 Å². The van der Waals surface area contributed by atoms with E-state index in [1.165, 1.54) is 77.0 Å². The van der Waals surface area contributed by atoms with Crippen LogP contribution in [0.5, 0.6) is 0 Å². The van der Waals surface area contributed by atoms with Crippen molar-refractivity contribution < 1.29 is 0 Å². The Bertz CT molecular complexity index is 216. The van der Waals surface area contributed by atoms with Crippen molar-refractivity contribution in [3.05, 3.63) is 0 Å². The number of hydrogen-bond donors (Lipinski definition) is 0. The van der Waals surface area contributed by atoms with Gasteiger partial charge in [-0.3, -0.25) is 0 Å². The second-order valence-electron chi connectivity index (χ2n) is 7.52. The molecule has 0 bridgehead atoms. The summed E-state index contributed by atoms with van der Waals surface area (Å²) in [7, 11) is 0. The molecule has 1 atom stereocenters. The van der Waals surface area contributed by atoms with Gasteiger partial charge in [0.1, 0.15) is 0 Å². The minimum atomic E-state index is 0.591. The van der Waals surface area contributed by atoms with Gasteiger partial charge in [0.25, 0.3) is 0 Å². The first-order valence-corrected chi connectivity index (χ1v) is 8.52. The standard InChI is InChI=1S/C18H36/c1-5-6-7-8-9-10-11-12-15-18(4)16-13-14-17(18,2)3/h5-16H2,1-4H3. The zero-order valence-electron chi connectivity index (χ0n) is 13.5. The van der Waals surface area contributed by atoms with E-state index in [-0.39, 0.29) is 0 Å². The normalized spacial score (nSPS) is 26.7. The van der Waals surface area contributed by atoms with Crippen LogP contribution in [0.2, 0.25) is 0 Å². The van der Waals surface area contributed by atoms with Gasteiger partial charge in [0.15, 0.2) is 0 Å². The van der Waals surface area contributed by atoms with Crippen molar-refractivity contribution in [2.45, 2.75) is 105 Å². The Balaban J connectivity index is 2.04. The molecular weight excluding hydrogens is 216 g/mol. The summed E-state index contributed by atoms with van der Waals surface area (Å²) in [6.45, 7) is 9.82. The molecule has 0 spiro atoms. The lowest BCUT2D eigenvalue weighted by atomic mass is 9.67. The molecule has 1 saturated carbocycles. The second kappa shape index (κ2) is 7.56. The van der Waals surface area contributed by atoms with E-state index in [0.29, 0.717) is 10.8 Å². The zero-order valence-corrected chi connectivity index (χ0v) is 13.5. The minimum Gasteiger partial charge on any atom is -0.0654 e. The first kappa shape index (κ1) is 16.1. The van der Waals surface area contributed by atoms with E-state index in [2.05, 4.69) is 27.7 Å². The number of hydrogen-bond acceptors (Lipinski definition) is 0. The quantitative estimate of drug-likeness (QED) is 0.399. The zero-order chi connectivity index (χ0) is 13.5. The van der Waals surface area contributed by atoms with Crippen LogP contribution in [0.25, 0.3) is 0 Å². The lowest BCUT2D eigenvalue weighted by Gasteiger charge is -2.38. The van der Waals surface area contributed by atoms with Crippen molar-refractivity contribution in [3.8, 4) is 0 Å². The summed E-state index contributed by atoms with van der Waals surface area (Å²) in [5.41, 5.74) is 1.23. The summed E-state index contributed by atoms with van der Waals surface area (Å²) >= 11 is 0. The highest BCUT2D eigenvalue weighted by Gasteiger charge is 2.43. The molecule has 0 aromatic rings. The third kappa shape index (κ3) is 4.59. The average Bonchev–Trinajstić information content (AvgIpc) is 2.57. The summed E-state index contributed by atoms with van der Waals surface area (Å²) in [5, 5.41) is 0. The van der Waals surface area contributed by atoms with Crippen LogP contribution in [0.4, 0.5) is 0 Å². The fraction of sp³-hybridized carbons (Fsp3) is 1.00. The Morgan fingerprint density at radius 3 is 1.78 bits per heavy atom. The predicted octanol–water partition coefficient (Wildman–Crippen LogP) is 6.73. The molecular formula is C18H36. The molecule has 1 fully saturated rings. The SMILES string of the molecule is CCCCCCCCCCC1(C)CCCC1(C)C. The minimum absolute atomic E-state index is 0.591. The highest BCUT2D eigenvalue weighted by Crippen LogP contribution is 2.55. The van der Waals surface area contributed by atoms with Gasteiger partial charge < -0.3 is 0 Å². The fourth-order valence-electron chi connectivity index (χ4n) is 3.67. The Morgan fingerprint density at radius 2 is 1.28 bits per heavy atom. The van der Waals surface area contributed by atoms with Crippen LogP contribution in [0, 0.1) is 10.8 Å². The van der Waals surface area contributed by atoms with E-state index < -0.39 is 0 Å². The third-order valence-corrected chi connectivity index (χ3v) is 5.75. The molecule has 18 heavy (non-hydrogen) atoms. The number of unbranched alkanes of at least 4 members (excludes halogenated alkanes) is 7. The number of rotatable bonds is 9. The first-order valence-electron chi connectivity index (χ1n) is 8.52. The molecule has 0 amide bonds. The molecule has 0 N–H and O–H groups in total. The maximum atomic E-state index is 2.54. The first-order chi connectivity index (χ1) is 8.52. The van der Waals surface area contributed by atoms with Crippen molar-refractivity contribution in [1.82, 2.24) is 0 Å². The Morgan fingerprint density at radius 1 is 0.722 bits per heavy atom. The summed E-state index contributed by atoms with van der Waals surface area (Å²) in [4.78, 5) is 0. The average molecular weight is 252 g/mol. The van der Waals surface area contributed by atoms with Gasteiger partial charge in [-0.05, 0) is 30.1 Å². The van der Waals surface area contributed by atoms with Gasteiger partial charge in [0.05, 0.1) is 0 Å². The molecule has 108 valence electrons. The molecule has 0 aromatic carbocycles. The lowest BCUT2D eigenvalue weighted by molar-refractivity contribution is 0.115. The van der Waals surface area contributed by atoms with Gasteiger partial charge in [0.2, 0.25) is 0 Å². The van der Waals surface area contributed by atoms with Crippen LogP contribution in [0.15, 0.2) is 0 Å². The highest BCUT2D eigenvalue weighted by atomic mass is 14.5. The maximum absolute atomic E-state index is 2.54. The fourth-order valence-corrected chi connectivity index (χ4v) is 3.67. The summed E-state index contributed by atoms with van der Waals surface area (Å²) in [5.74, 6) is 0. The van der Waals surface area contributed by atoms with Gasteiger partial charge in [-0.15, -0.1) is 0 Å². The van der Waals surface area contributed by atoms with Crippen molar-refractivity contribution in [2.75, 3.05) is 0 Å². The molecule has 1 aliphatic carbocycles. The molecule has 1 rings (SSSR count). The highest BCUT2D eigenvalue weighted by molar-refractivity contribution is 4.94. The van der Waals surface area contributed by atoms with Gasteiger partial charge in [-0.1, -0.05) is 85.5 Å². The molecule has 0 radical (unpaired) electrons.